The number of esters is 1. The number of carbonyl (C=O) groups is 2. The first kappa shape index (κ1) is 15.5. The average Bonchev–Trinajstić information content (AvgIpc) is 2.48. The minimum absolute atomic E-state index is 0.0360. The molecular formula is C16H22N2O3. The predicted molar refractivity (Wildman–Crippen MR) is 81.0 cm³/mol. The Bertz CT molecular complexity index is 499. The van der Waals surface area contributed by atoms with Gasteiger partial charge in [0, 0.05) is 11.7 Å². The van der Waals surface area contributed by atoms with Crippen molar-refractivity contribution in [1.29, 1.82) is 0 Å². The lowest BCUT2D eigenvalue weighted by Crippen LogP contribution is -2.40. The monoisotopic (exact) mass is 290 g/mol. The highest BCUT2D eigenvalue weighted by Gasteiger charge is 2.28. The molecule has 1 aliphatic rings. The molecule has 3 N–H and O–H groups in total. The average molecular weight is 290 g/mol. The maximum absolute atomic E-state index is 12.2. The van der Waals surface area contributed by atoms with Crippen LogP contribution in [-0.2, 0) is 9.53 Å². The number of benzene rings is 1. The fraction of sp³-hybridized carbons (Fsp3) is 0.500. The molecule has 5 heteroatoms. The van der Waals surface area contributed by atoms with Crippen molar-refractivity contribution in [3.05, 3.63) is 29.8 Å². The van der Waals surface area contributed by atoms with E-state index in [1.807, 2.05) is 0 Å². The lowest BCUT2D eigenvalue weighted by atomic mass is 9.84. The minimum atomic E-state index is -0.357. The molecule has 0 aliphatic heterocycles. The first-order chi connectivity index (χ1) is 10.1. The van der Waals surface area contributed by atoms with Gasteiger partial charge < -0.3 is 15.8 Å². The predicted octanol–water partition coefficient (Wildman–Crippen LogP) is 2.32. The van der Waals surface area contributed by atoms with Crippen molar-refractivity contribution in [3.8, 4) is 0 Å². The Balaban J connectivity index is 1.96. The number of hydrogen-bond acceptors (Lipinski definition) is 4. The first-order valence-electron chi connectivity index (χ1n) is 7.45. The van der Waals surface area contributed by atoms with E-state index in [0.29, 0.717) is 17.9 Å². The van der Waals surface area contributed by atoms with Crippen LogP contribution in [0.4, 0.5) is 5.69 Å². The van der Waals surface area contributed by atoms with Crippen LogP contribution in [0.25, 0.3) is 0 Å². The maximum Gasteiger partial charge on any atom is 0.338 e. The van der Waals surface area contributed by atoms with Crippen LogP contribution in [0.2, 0.25) is 0 Å². The van der Waals surface area contributed by atoms with Crippen molar-refractivity contribution < 1.29 is 14.3 Å². The Labute approximate surface area is 124 Å². The van der Waals surface area contributed by atoms with Gasteiger partial charge in [0.15, 0.2) is 0 Å². The topological polar surface area (TPSA) is 81.4 Å². The van der Waals surface area contributed by atoms with Crippen LogP contribution in [0.15, 0.2) is 24.3 Å². The zero-order valence-electron chi connectivity index (χ0n) is 12.3. The Kier molecular flexibility index (Phi) is 5.33. The molecule has 2 rings (SSSR count). The zero-order chi connectivity index (χ0) is 15.2. The molecule has 114 valence electrons. The van der Waals surface area contributed by atoms with Gasteiger partial charge in [-0.1, -0.05) is 12.8 Å². The summed E-state index contributed by atoms with van der Waals surface area (Å²) < 4.78 is 4.92. The lowest BCUT2D eigenvalue weighted by Gasteiger charge is -2.27. The van der Waals surface area contributed by atoms with Crippen molar-refractivity contribution in [2.24, 2.45) is 11.7 Å². The molecule has 0 radical (unpaired) electrons. The van der Waals surface area contributed by atoms with Crippen molar-refractivity contribution in [3.63, 3.8) is 0 Å². The molecule has 0 bridgehead atoms. The Morgan fingerprint density at radius 1 is 1.24 bits per heavy atom. The SMILES string of the molecule is CCOC(=O)c1ccc(NC(=O)C2CCCCC2N)cc1. The summed E-state index contributed by atoms with van der Waals surface area (Å²) in [7, 11) is 0. The summed E-state index contributed by atoms with van der Waals surface area (Å²) in [5.74, 6) is -0.515. The molecule has 5 nitrogen and oxygen atoms in total. The van der Waals surface area contributed by atoms with Gasteiger partial charge in [-0.15, -0.1) is 0 Å². The third-order valence-corrected chi connectivity index (χ3v) is 3.82. The number of nitrogens with two attached hydrogens (primary N) is 1. The van der Waals surface area contributed by atoms with Gasteiger partial charge in [0.1, 0.15) is 0 Å². The fourth-order valence-electron chi connectivity index (χ4n) is 2.62. The second kappa shape index (κ2) is 7.22. The molecule has 1 aliphatic carbocycles. The molecule has 2 unspecified atom stereocenters. The number of rotatable bonds is 4. The largest absolute Gasteiger partial charge is 0.462 e. The third-order valence-electron chi connectivity index (χ3n) is 3.82. The van der Waals surface area contributed by atoms with Crippen molar-refractivity contribution in [1.82, 2.24) is 0 Å². The van der Waals surface area contributed by atoms with Gasteiger partial charge in [-0.2, -0.15) is 0 Å². The van der Waals surface area contributed by atoms with Crippen LogP contribution in [0, 0.1) is 5.92 Å². The van der Waals surface area contributed by atoms with Crippen LogP contribution in [0.5, 0.6) is 0 Å². The molecule has 1 amide bonds. The molecule has 1 aromatic carbocycles. The van der Waals surface area contributed by atoms with E-state index in [0.717, 1.165) is 25.7 Å². The highest BCUT2D eigenvalue weighted by atomic mass is 16.5. The summed E-state index contributed by atoms with van der Waals surface area (Å²) in [6.45, 7) is 2.11. The van der Waals surface area contributed by atoms with Gasteiger partial charge in [0.05, 0.1) is 18.1 Å². The fourth-order valence-corrected chi connectivity index (χ4v) is 2.62. The van der Waals surface area contributed by atoms with Gasteiger partial charge in [-0.25, -0.2) is 4.79 Å². The molecule has 0 saturated heterocycles. The molecule has 21 heavy (non-hydrogen) atoms. The van der Waals surface area contributed by atoms with E-state index in [9.17, 15) is 9.59 Å². The Hall–Kier alpha value is -1.88. The molecular weight excluding hydrogens is 268 g/mol. The quantitative estimate of drug-likeness (QED) is 0.834. The Morgan fingerprint density at radius 3 is 2.52 bits per heavy atom. The molecule has 1 fully saturated rings. The lowest BCUT2D eigenvalue weighted by molar-refractivity contribution is -0.121. The number of hydrogen-bond donors (Lipinski definition) is 2. The number of ether oxygens (including phenoxy) is 1. The van der Waals surface area contributed by atoms with Crippen molar-refractivity contribution >= 4 is 17.6 Å². The van der Waals surface area contributed by atoms with Crippen LogP contribution in [-0.4, -0.2) is 24.5 Å². The van der Waals surface area contributed by atoms with E-state index in [1.54, 1.807) is 31.2 Å². The van der Waals surface area contributed by atoms with Gasteiger partial charge in [-0.05, 0) is 44.0 Å². The standard InChI is InChI=1S/C16H22N2O3/c1-2-21-16(20)11-7-9-12(10-8-11)18-15(19)13-5-3-4-6-14(13)17/h7-10,13-14H,2-6,17H2,1H3,(H,18,19). The Morgan fingerprint density at radius 2 is 1.90 bits per heavy atom. The third kappa shape index (κ3) is 4.04. The zero-order valence-corrected chi connectivity index (χ0v) is 12.3. The summed E-state index contributed by atoms with van der Waals surface area (Å²) in [4.78, 5) is 23.8. The van der Waals surface area contributed by atoms with Crippen LogP contribution in [0.1, 0.15) is 43.0 Å². The van der Waals surface area contributed by atoms with Crippen LogP contribution in [0.3, 0.4) is 0 Å². The number of carbonyl (C=O) groups excluding carboxylic acids is 2. The second-order valence-corrected chi connectivity index (χ2v) is 5.34. The molecule has 2 atom stereocenters. The van der Waals surface area contributed by atoms with Gasteiger partial charge >= 0.3 is 5.97 Å². The number of anilines is 1. The molecule has 1 saturated carbocycles. The summed E-state index contributed by atoms with van der Waals surface area (Å²) in [6.07, 6.45) is 3.89. The van der Waals surface area contributed by atoms with Crippen molar-refractivity contribution in [2.45, 2.75) is 38.6 Å². The van der Waals surface area contributed by atoms with Gasteiger partial charge in [-0.3, -0.25) is 4.79 Å². The van der Waals surface area contributed by atoms with E-state index < -0.39 is 0 Å². The molecule has 0 spiro atoms. The van der Waals surface area contributed by atoms with Crippen LogP contribution < -0.4 is 11.1 Å². The van der Waals surface area contributed by atoms with E-state index in [4.69, 9.17) is 10.5 Å². The second-order valence-electron chi connectivity index (χ2n) is 5.34. The number of nitrogens with one attached hydrogen (secondary N) is 1. The first-order valence-corrected chi connectivity index (χ1v) is 7.45. The van der Waals surface area contributed by atoms with Crippen molar-refractivity contribution in [2.75, 3.05) is 11.9 Å². The van der Waals surface area contributed by atoms with Crippen LogP contribution >= 0.6 is 0 Å². The maximum atomic E-state index is 12.2. The van der Waals surface area contributed by atoms with Gasteiger partial charge in [0.2, 0.25) is 5.91 Å². The smallest absolute Gasteiger partial charge is 0.338 e. The highest BCUT2D eigenvalue weighted by molar-refractivity contribution is 5.94. The van der Waals surface area contributed by atoms with E-state index in [2.05, 4.69) is 5.32 Å². The molecule has 1 aromatic rings. The minimum Gasteiger partial charge on any atom is -0.462 e. The van der Waals surface area contributed by atoms with E-state index in [-0.39, 0.29) is 23.8 Å². The molecule has 0 heterocycles. The number of amides is 1. The van der Waals surface area contributed by atoms with E-state index in [1.165, 1.54) is 0 Å². The van der Waals surface area contributed by atoms with E-state index >= 15 is 0 Å². The summed E-state index contributed by atoms with van der Waals surface area (Å²) in [6, 6.07) is 6.65. The highest BCUT2D eigenvalue weighted by Crippen LogP contribution is 2.24. The summed E-state index contributed by atoms with van der Waals surface area (Å²) in [5.41, 5.74) is 7.16. The summed E-state index contributed by atoms with van der Waals surface area (Å²) in [5, 5.41) is 2.87. The normalized spacial score (nSPS) is 21.6. The molecule has 0 aromatic heterocycles. The van der Waals surface area contributed by atoms with Gasteiger partial charge in [0.25, 0.3) is 0 Å². The summed E-state index contributed by atoms with van der Waals surface area (Å²) >= 11 is 0.